The molecule has 4 rings (SSSR count). The fourth-order valence-corrected chi connectivity index (χ4v) is 3.85. The Hall–Kier alpha value is -3.55. The van der Waals surface area contributed by atoms with Crippen LogP contribution in [-0.4, -0.2) is 57.0 Å². The van der Waals surface area contributed by atoms with E-state index < -0.39 is 0 Å². The molecular formula is C22H23N5O3. The third kappa shape index (κ3) is 3.94. The molecular weight excluding hydrogens is 382 g/mol. The van der Waals surface area contributed by atoms with Gasteiger partial charge in [0.1, 0.15) is 12.1 Å². The Labute approximate surface area is 174 Å². The molecule has 1 unspecified atom stereocenters. The molecule has 30 heavy (non-hydrogen) atoms. The van der Waals surface area contributed by atoms with Crippen molar-refractivity contribution < 1.29 is 14.3 Å². The van der Waals surface area contributed by atoms with Crippen molar-refractivity contribution in [3.8, 4) is 11.4 Å². The lowest BCUT2D eigenvalue weighted by Gasteiger charge is -2.32. The van der Waals surface area contributed by atoms with Gasteiger partial charge in [0.15, 0.2) is 5.78 Å². The molecule has 0 spiro atoms. The molecule has 154 valence electrons. The first-order valence-electron chi connectivity index (χ1n) is 9.88. The van der Waals surface area contributed by atoms with Gasteiger partial charge >= 0.3 is 0 Å². The number of Topliss-reactive ketones (excluding diaryl/α,β-unsaturated/α-hetero) is 1. The average molecular weight is 405 g/mol. The highest BCUT2D eigenvalue weighted by atomic mass is 16.5. The van der Waals surface area contributed by atoms with Crippen LogP contribution in [0, 0.1) is 12.8 Å². The van der Waals surface area contributed by atoms with Crippen molar-refractivity contribution in [2.45, 2.75) is 19.8 Å². The zero-order chi connectivity index (χ0) is 21.1. The quantitative estimate of drug-likeness (QED) is 0.606. The van der Waals surface area contributed by atoms with E-state index in [9.17, 15) is 9.59 Å². The maximum absolute atomic E-state index is 13.1. The molecule has 1 aliphatic rings. The number of tetrazole rings is 1. The highest BCUT2D eigenvalue weighted by molar-refractivity contribution is 6.00. The van der Waals surface area contributed by atoms with Crippen LogP contribution in [0.15, 0.2) is 48.8 Å². The number of benzene rings is 2. The Balaban J connectivity index is 1.47. The molecule has 1 aromatic heterocycles. The number of methoxy groups -OCH3 is 1. The largest absolute Gasteiger partial charge is 0.497 e. The lowest BCUT2D eigenvalue weighted by Crippen LogP contribution is -2.42. The Morgan fingerprint density at radius 1 is 1.13 bits per heavy atom. The van der Waals surface area contributed by atoms with Crippen LogP contribution < -0.4 is 4.74 Å². The normalized spacial score (nSPS) is 16.3. The molecule has 1 aliphatic heterocycles. The van der Waals surface area contributed by atoms with Gasteiger partial charge in [-0.05, 0) is 78.2 Å². The number of nitrogens with zero attached hydrogens (tertiary/aromatic N) is 5. The van der Waals surface area contributed by atoms with E-state index in [0.717, 1.165) is 29.8 Å². The van der Waals surface area contributed by atoms with E-state index in [4.69, 9.17) is 4.74 Å². The Kier molecular flexibility index (Phi) is 5.56. The SMILES string of the molecule is COc1ccc(C(=O)C2CCCN(C(=O)c3ccc(-n4cnnn4)cc3)C2)c(C)c1. The maximum atomic E-state index is 13.1. The number of carbonyl (C=O) groups is 2. The summed E-state index contributed by atoms with van der Waals surface area (Å²) in [5.41, 5.74) is 2.95. The number of carbonyl (C=O) groups excluding carboxylic acids is 2. The second-order valence-electron chi connectivity index (χ2n) is 7.44. The molecule has 2 heterocycles. The fraction of sp³-hybridized carbons (Fsp3) is 0.318. The first kappa shape index (κ1) is 19.8. The summed E-state index contributed by atoms with van der Waals surface area (Å²) >= 11 is 0. The number of likely N-dealkylation sites (tertiary alicyclic amines) is 1. The van der Waals surface area contributed by atoms with Gasteiger partial charge in [-0.15, -0.1) is 5.10 Å². The minimum Gasteiger partial charge on any atom is -0.497 e. The van der Waals surface area contributed by atoms with Crippen molar-refractivity contribution in [3.63, 3.8) is 0 Å². The summed E-state index contributed by atoms with van der Waals surface area (Å²) in [5.74, 6) is 0.550. The Morgan fingerprint density at radius 3 is 2.60 bits per heavy atom. The van der Waals surface area contributed by atoms with Crippen molar-refractivity contribution in [1.29, 1.82) is 0 Å². The summed E-state index contributed by atoms with van der Waals surface area (Å²) in [4.78, 5) is 27.9. The molecule has 1 fully saturated rings. The van der Waals surface area contributed by atoms with Gasteiger partial charge < -0.3 is 9.64 Å². The predicted octanol–water partition coefficient (Wildman–Crippen LogP) is 2.71. The number of rotatable bonds is 5. The molecule has 2 aromatic carbocycles. The second-order valence-corrected chi connectivity index (χ2v) is 7.44. The van der Waals surface area contributed by atoms with Crippen LogP contribution in [0.1, 0.15) is 39.1 Å². The number of hydrogen-bond acceptors (Lipinski definition) is 6. The van der Waals surface area contributed by atoms with Crippen molar-refractivity contribution in [2.75, 3.05) is 20.2 Å². The third-order valence-corrected chi connectivity index (χ3v) is 5.51. The monoisotopic (exact) mass is 405 g/mol. The molecule has 1 atom stereocenters. The van der Waals surface area contributed by atoms with Crippen LogP contribution in [0.3, 0.4) is 0 Å². The number of ketones is 1. The maximum Gasteiger partial charge on any atom is 0.253 e. The van der Waals surface area contributed by atoms with E-state index in [1.54, 1.807) is 42.3 Å². The van der Waals surface area contributed by atoms with E-state index in [0.29, 0.717) is 24.2 Å². The first-order chi connectivity index (χ1) is 14.6. The summed E-state index contributed by atoms with van der Waals surface area (Å²) in [6.07, 6.45) is 3.09. The summed E-state index contributed by atoms with van der Waals surface area (Å²) in [5, 5.41) is 11.1. The van der Waals surface area contributed by atoms with Gasteiger partial charge in [0.25, 0.3) is 5.91 Å². The van der Waals surface area contributed by atoms with Crippen LogP contribution in [0.2, 0.25) is 0 Å². The molecule has 1 saturated heterocycles. The first-order valence-corrected chi connectivity index (χ1v) is 9.88. The smallest absolute Gasteiger partial charge is 0.253 e. The van der Waals surface area contributed by atoms with Gasteiger partial charge in [-0.25, -0.2) is 4.68 Å². The van der Waals surface area contributed by atoms with Crippen molar-refractivity contribution >= 4 is 11.7 Å². The van der Waals surface area contributed by atoms with Gasteiger partial charge in [0, 0.05) is 30.1 Å². The van der Waals surface area contributed by atoms with Gasteiger partial charge in [0.05, 0.1) is 12.8 Å². The summed E-state index contributed by atoms with van der Waals surface area (Å²) < 4.78 is 6.76. The minimum atomic E-state index is -0.199. The van der Waals surface area contributed by atoms with Gasteiger partial charge in [-0.1, -0.05) is 0 Å². The Bertz CT molecular complexity index is 1050. The number of aryl methyl sites for hydroxylation is 1. The average Bonchev–Trinajstić information content (AvgIpc) is 3.33. The molecule has 0 radical (unpaired) electrons. The number of ether oxygens (including phenoxy) is 1. The highest BCUT2D eigenvalue weighted by Gasteiger charge is 2.30. The van der Waals surface area contributed by atoms with Crippen LogP contribution in [0.5, 0.6) is 5.75 Å². The summed E-state index contributed by atoms with van der Waals surface area (Å²) in [6, 6.07) is 12.6. The van der Waals surface area contributed by atoms with E-state index in [2.05, 4.69) is 15.5 Å². The van der Waals surface area contributed by atoms with Crippen LogP contribution in [0.25, 0.3) is 5.69 Å². The topological polar surface area (TPSA) is 90.2 Å². The van der Waals surface area contributed by atoms with Crippen LogP contribution >= 0.6 is 0 Å². The lowest BCUT2D eigenvalue weighted by atomic mass is 9.88. The molecule has 1 amide bonds. The molecule has 3 aromatic rings. The Morgan fingerprint density at radius 2 is 1.93 bits per heavy atom. The van der Waals surface area contributed by atoms with Crippen molar-refractivity contribution in [2.24, 2.45) is 5.92 Å². The molecule has 8 nitrogen and oxygen atoms in total. The number of amides is 1. The van der Waals surface area contributed by atoms with Gasteiger partial charge in [0.2, 0.25) is 0 Å². The molecule has 0 N–H and O–H groups in total. The predicted molar refractivity (Wildman–Crippen MR) is 110 cm³/mol. The number of hydrogen-bond donors (Lipinski definition) is 0. The highest BCUT2D eigenvalue weighted by Crippen LogP contribution is 2.26. The summed E-state index contributed by atoms with van der Waals surface area (Å²) in [6.45, 7) is 2.99. The molecule has 0 bridgehead atoms. The van der Waals surface area contributed by atoms with Gasteiger partial charge in [-0.3, -0.25) is 9.59 Å². The lowest BCUT2D eigenvalue weighted by molar-refractivity contribution is 0.0637. The molecule has 0 aliphatic carbocycles. The number of aromatic nitrogens is 4. The van der Waals surface area contributed by atoms with E-state index >= 15 is 0 Å². The fourth-order valence-electron chi connectivity index (χ4n) is 3.85. The second kappa shape index (κ2) is 8.44. The number of piperidine rings is 1. The molecule has 8 heteroatoms. The molecule has 0 saturated carbocycles. The van der Waals surface area contributed by atoms with E-state index in [1.807, 2.05) is 19.1 Å². The van der Waals surface area contributed by atoms with Crippen LogP contribution in [-0.2, 0) is 0 Å². The van der Waals surface area contributed by atoms with E-state index in [-0.39, 0.29) is 17.6 Å². The summed E-state index contributed by atoms with van der Waals surface area (Å²) in [7, 11) is 1.61. The minimum absolute atomic E-state index is 0.0674. The van der Waals surface area contributed by atoms with Crippen molar-refractivity contribution in [1.82, 2.24) is 25.1 Å². The standard InChI is InChI=1S/C22H23N5O3/c1-15-12-19(30-2)9-10-20(15)21(28)17-4-3-11-26(13-17)22(29)16-5-7-18(8-6-16)27-14-23-24-25-27/h5-10,12,14,17H,3-4,11,13H2,1-2H3. The third-order valence-electron chi connectivity index (χ3n) is 5.51. The zero-order valence-corrected chi connectivity index (χ0v) is 17.0. The van der Waals surface area contributed by atoms with Crippen LogP contribution in [0.4, 0.5) is 0 Å². The van der Waals surface area contributed by atoms with E-state index in [1.165, 1.54) is 11.0 Å². The van der Waals surface area contributed by atoms with Gasteiger partial charge in [-0.2, -0.15) is 0 Å². The zero-order valence-electron chi connectivity index (χ0n) is 17.0. The van der Waals surface area contributed by atoms with Crippen molar-refractivity contribution in [3.05, 3.63) is 65.5 Å².